The van der Waals surface area contributed by atoms with Crippen LogP contribution in [0.1, 0.15) is 36.5 Å². The molecule has 0 bridgehead atoms. The molecule has 4 aromatic rings. The number of aryl methyl sites for hydroxylation is 2. The molecule has 3 heterocycles. The second-order valence-corrected chi connectivity index (χ2v) is 10.3. The Balaban J connectivity index is 1.35. The van der Waals surface area contributed by atoms with Gasteiger partial charge < -0.3 is 16.0 Å². The molecule has 192 valence electrons. The van der Waals surface area contributed by atoms with Gasteiger partial charge in [-0.1, -0.05) is 31.7 Å². The average Bonchev–Trinajstić information content (AvgIpc) is 3.34. The summed E-state index contributed by atoms with van der Waals surface area (Å²) in [6.07, 6.45) is 8.40. The first kappa shape index (κ1) is 25.4. The topological polar surface area (TPSA) is 66.3 Å². The van der Waals surface area contributed by atoms with Gasteiger partial charge in [-0.25, -0.2) is 14.4 Å². The zero-order valence-electron chi connectivity index (χ0n) is 21.4. The van der Waals surface area contributed by atoms with Crippen molar-refractivity contribution in [1.29, 1.82) is 0 Å². The Kier molecular flexibility index (Phi) is 7.54. The number of hydrogen-bond acceptors (Lipinski definition) is 5. The average molecular weight is 517 g/mol. The molecule has 6 nitrogen and oxygen atoms in total. The maximum Gasteiger partial charge on any atom is 0.180 e. The normalized spacial score (nSPS) is 14.2. The summed E-state index contributed by atoms with van der Waals surface area (Å²) >= 11 is 0. The fourth-order valence-corrected chi connectivity index (χ4v) is 5.44. The van der Waals surface area contributed by atoms with Gasteiger partial charge in [-0.2, -0.15) is 0 Å². The molecule has 0 aliphatic carbocycles. The van der Waals surface area contributed by atoms with Crippen LogP contribution in [0.5, 0.6) is 0 Å². The van der Waals surface area contributed by atoms with E-state index in [0.29, 0.717) is 34.7 Å². The molecule has 1 aliphatic heterocycles. The summed E-state index contributed by atoms with van der Waals surface area (Å²) in [7, 11) is 2.55. The van der Waals surface area contributed by atoms with E-state index in [0.717, 1.165) is 53.4 Å². The van der Waals surface area contributed by atoms with E-state index in [-0.39, 0.29) is 5.82 Å². The quantitative estimate of drug-likeness (QED) is 0.281. The maximum absolute atomic E-state index is 14.8. The molecule has 5 rings (SSSR count). The van der Waals surface area contributed by atoms with Gasteiger partial charge in [-0.05, 0) is 68.5 Å². The Morgan fingerprint density at radius 1 is 1.22 bits per heavy atom. The third-order valence-corrected chi connectivity index (χ3v) is 7.79. The van der Waals surface area contributed by atoms with Gasteiger partial charge in [0.2, 0.25) is 0 Å². The predicted octanol–water partition coefficient (Wildman–Crippen LogP) is 5.21. The van der Waals surface area contributed by atoms with Gasteiger partial charge >= 0.3 is 0 Å². The van der Waals surface area contributed by atoms with Crippen LogP contribution in [0.2, 0.25) is 0 Å². The van der Waals surface area contributed by atoms with Crippen LogP contribution in [0.4, 0.5) is 15.9 Å². The van der Waals surface area contributed by atoms with E-state index in [4.69, 9.17) is 0 Å². The molecule has 8 heteroatoms. The van der Waals surface area contributed by atoms with Crippen molar-refractivity contribution in [2.45, 2.75) is 33.1 Å². The monoisotopic (exact) mass is 516 g/mol. The first-order chi connectivity index (χ1) is 18.0. The summed E-state index contributed by atoms with van der Waals surface area (Å²) in [6.45, 7) is 11.5. The standard InChI is InChI=1S/C29H34FN6P/c1-4-21-5-7-24(27(37)26(21)30)25-17-34-29-28(32-13-14-36(25)29)35-22-6-8-23(18(2)15-22)19(3)33-16-20-9-11-31-12-10-20/h5-8,13-15,17,20,31,33H,3-4,9-12,16,37H2,1-2H3,(H,32,35). The fraction of sp³-hybridized carbons (Fsp3) is 0.310. The van der Waals surface area contributed by atoms with Crippen LogP contribution in [0.3, 0.4) is 0 Å². The smallest absolute Gasteiger partial charge is 0.180 e. The number of anilines is 2. The third kappa shape index (κ3) is 5.25. The van der Waals surface area contributed by atoms with Crippen LogP contribution in [-0.4, -0.2) is 34.0 Å². The van der Waals surface area contributed by atoms with Crippen molar-refractivity contribution >= 4 is 37.4 Å². The Bertz CT molecular complexity index is 1440. The number of imidazole rings is 1. The van der Waals surface area contributed by atoms with Gasteiger partial charge in [-0.15, -0.1) is 9.24 Å². The molecular weight excluding hydrogens is 482 g/mol. The molecule has 0 spiro atoms. The molecule has 0 amide bonds. The second kappa shape index (κ2) is 11.0. The molecule has 1 saturated heterocycles. The highest BCUT2D eigenvalue weighted by molar-refractivity contribution is 7.28. The molecule has 1 unspecified atom stereocenters. The fourth-order valence-electron chi connectivity index (χ4n) is 5.01. The number of hydrogen-bond donors (Lipinski definition) is 3. The van der Waals surface area contributed by atoms with Crippen molar-refractivity contribution in [2.75, 3.05) is 25.0 Å². The number of rotatable bonds is 8. The SMILES string of the molecule is C=C(NCC1CCNCC1)c1ccc(Nc2nccn3c(-c4ccc(CC)c(F)c4P)cnc23)cc1C. The zero-order valence-corrected chi connectivity index (χ0v) is 22.6. The van der Waals surface area contributed by atoms with Crippen LogP contribution >= 0.6 is 9.24 Å². The van der Waals surface area contributed by atoms with E-state index in [1.54, 1.807) is 12.4 Å². The molecule has 2 aromatic carbocycles. The molecule has 0 saturated carbocycles. The van der Waals surface area contributed by atoms with E-state index < -0.39 is 0 Å². The predicted molar refractivity (Wildman–Crippen MR) is 154 cm³/mol. The van der Waals surface area contributed by atoms with Crippen molar-refractivity contribution in [2.24, 2.45) is 5.92 Å². The largest absolute Gasteiger partial charge is 0.385 e. The summed E-state index contributed by atoms with van der Waals surface area (Å²) in [5.41, 5.74) is 7.10. The lowest BCUT2D eigenvalue weighted by atomic mass is 9.97. The van der Waals surface area contributed by atoms with Crippen molar-refractivity contribution in [3.8, 4) is 11.3 Å². The molecule has 1 atom stereocenters. The summed E-state index contributed by atoms with van der Waals surface area (Å²) in [5, 5.41) is 10.9. The number of benzene rings is 2. The van der Waals surface area contributed by atoms with E-state index >= 15 is 0 Å². The summed E-state index contributed by atoms with van der Waals surface area (Å²) in [5.74, 6) is 1.14. The van der Waals surface area contributed by atoms with Crippen molar-refractivity contribution in [3.63, 3.8) is 0 Å². The van der Waals surface area contributed by atoms with E-state index in [9.17, 15) is 4.39 Å². The van der Waals surface area contributed by atoms with Crippen molar-refractivity contribution in [1.82, 2.24) is 25.0 Å². The zero-order chi connectivity index (χ0) is 25.9. The van der Waals surface area contributed by atoms with Crippen molar-refractivity contribution < 1.29 is 4.39 Å². The highest BCUT2D eigenvalue weighted by Gasteiger charge is 2.17. The van der Waals surface area contributed by atoms with Gasteiger partial charge in [0, 0.05) is 46.8 Å². The summed E-state index contributed by atoms with van der Waals surface area (Å²) < 4.78 is 16.7. The Labute approximate surface area is 220 Å². The Morgan fingerprint density at radius 2 is 2.03 bits per heavy atom. The minimum Gasteiger partial charge on any atom is -0.385 e. The lowest BCUT2D eigenvalue weighted by molar-refractivity contribution is 0.371. The minimum absolute atomic E-state index is 0.185. The number of nitrogens with one attached hydrogen (secondary N) is 3. The molecule has 3 N–H and O–H groups in total. The van der Waals surface area contributed by atoms with E-state index in [1.165, 1.54) is 12.8 Å². The first-order valence-electron chi connectivity index (χ1n) is 12.9. The van der Waals surface area contributed by atoms with E-state index in [1.807, 2.05) is 35.7 Å². The molecule has 0 radical (unpaired) electrons. The number of aromatic nitrogens is 3. The number of nitrogens with zero attached hydrogens (tertiary/aromatic N) is 3. The summed E-state index contributed by atoms with van der Waals surface area (Å²) in [4.78, 5) is 9.16. The van der Waals surface area contributed by atoms with E-state index in [2.05, 4.69) is 60.8 Å². The highest BCUT2D eigenvalue weighted by Crippen LogP contribution is 2.28. The molecule has 2 aromatic heterocycles. The lowest BCUT2D eigenvalue weighted by Crippen LogP contribution is -2.33. The molecule has 1 fully saturated rings. The molecule has 37 heavy (non-hydrogen) atoms. The van der Waals surface area contributed by atoms with Gasteiger partial charge in [0.15, 0.2) is 11.5 Å². The third-order valence-electron chi connectivity index (χ3n) is 7.22. The Hall–Kier alpha value is -3.28. The highest BCUT2D eigenvalue weighted by atomic mass is 31.0. The van der Waals surface area contributed by atoms with Crippen LogP contribution in [0.15, 0.2) is 55.5 Å². The number of fused-ring (bicyclic) bond motifs is 1. The van der Waals surface area contributed by atoms with Gasteiger partial charge in [0.1, 0.15) is 5.82 Å². The van der Waals surface area contributed by atoms with Crippen molar-refractivity contribution in [3.05, 3.63) is 78.0 Å². The van der Waals surface area contributed by atoms with Gasteiger partial charge in [0.25, 0.3) is 0 Å². The minimum atomic E-state index is -0.185. The van der Waals surface area contributed by atoms with Crippen LogP contribution in [0.25, 0.3) is 22.6 Å². The first-order valence-corrected chi connectivity index (χ1v) is 13.4. The second-order valence-electron chi connectivity index (χ2n) is 9.67. The van der Waals surface area contributed by atoms with Crippen LogP contribution in [-0.2, 0) is 6.42 Å². The van der Waals surface area contributed by atoms with Crippen LogP contribution < -0.4 is 21.3 Å². The number of halogens is 1. The lowest BCUT2D eigenvalue weighted by Gasteiger charge is -2.24. The molecule has 1 aliphatic rings. The van der Waals surface area contributed by atoms with Gasteiger partial charge in [-0.3, -0.25) is 4.40 Å². The molecular formula is C29H34FN6P. The van der Waals surface area contributed by atoms with Gasteiger partial charge in [0.05, 0.1) is 11.9 Å². The summed E-state index contributed by atoms with van der Waals surface area (Å²) in [6, 6.07) is 10.0. The Morgan fingerprint density at radius 3 is 2.78 bits per heavy atom. The number of piperidine rings is 1. The maximum atomic E-state index is 14.8. The van der Waals surface area contributed by atoms with Crippen LogP contribution in [0, 0.1) is 18.7 Å².